The molecule has 4 heteroatoms. The van der Waals surface area contributed by atoms with Crippen LogP contribution in [0.5, 0.6) is 5.75 Å². The first-order chi connectivity index (χ1) is 12.2. The summed E-state index contributed by atoms with van der Waals surface area (Å²) >= 11 is 0. The van der Waals surface area contributed by atoms with Crippen LogP contribution in [-0.2, 0) is 6.61 Å². The lowest BCUT2D eigenvalue weighted by atomic mass is 10.0. The van der Waals surface area contributed by atoms with Crippen molar-refractivity contribution in [3.8, 4) is 5.75 Å². The summed E-state index contributed by atoms with van der Waals surface area (Å²) in [4.78, 5) is 2.37. The van der Waals surface area contributed by atoms with Crippen LogP contribution < -0.4 is 10.1 Å². The summed E-state index contributed by atoms with van der Waals surface area (Å²) in [5.41, 5.74) is 3.52. The van der Waals surface area contributed by atoms with Gasteiger partial charge in [-0.3, -0.25) is 4.90 Å². The summed E-state index contributed by atoms with van der Waals surface area (Å²) in [5.74, 6) is 0.847. The van der Waals surface area contributed by atoms with E-state index in [0.29, 0.717) is 12.6 Å². The highest BCUT2D eigenvalue weighted by Gasteiger charge is 2.26. The van der Waals surface area contributed by atoms with Gasteiger partial charge in [-0.05, 0) is 37.1 Å². The van der Waals surface area contributed by atoms with Gasteiger partial charge in [0.15, 0.2) is 0 Å². The van der Waals surface area contributed by atoms with Crippen molar-refractivity contribution in [3.05, 3.63) is 65.2 Å². The highest BCUT2D eigenvalue weighted by atomic mass is 16.5. The van der Waals surface area contributed by atoms with E-state index in [4.69, 9.17) is 4.74 Å². The predicted molar refractivity (Wildman–Crippen MR) is 101 cm³/mol. The molecule has 0 aliphatic carbocycles. The lowest BCUT2D eigenvalue weighted by molar-refractivity contribution is 0.0722. The Bertz CT molecular complexity index is 672. The van der Waals surface area contributed by atoms with Gasteiger partial charge < -0.3 is 15.2 Å². The molecule has 4 nitrogen and oxygen atoms in total. The van der Waals surface area contributed by atoms with E-state index < -0.39 is 0 Å². The number of hydrogen-bond donors (Lipinski definition) is 2. The Labute approximate surface area is 150 Å². The Balaban J connectivity index is 1.70. The van der Waals surface area contributed by atoms with E-state index in [1.165, 1.54) is 5.56 Å². The van der Waals surface area contributed by atoms with E-state index in [1.807, 2.05) is 12.1 Å². The molecular weight excluding hydrogens is 312 g/mol. The van der Waals surface area contributed by atoms with Gasteiger partial charge in [-0.15, -0.1) is 0 Å². The first-order valence-corrected chi connectivity index (χ1v) is 9.03. The molecule has 0 radical (unpaired) electrons. The molecule has 0 amide bonds. The molecule has 0 bridgehead atoms. The Hall–Kier alpha value is -1.88. The van der Waals surface area contributed by atoms with Crippen LogP contribution in [0, 0.1) is 6.92 Å². The van der Waals surface area contributed by atoms with Crippen LogP contribution in [0.15, 0.2) is 48.5 Å². The molecule has 2 aromatic rings. The van der Waals surface area contributed by atoms with Gasteiger partial charge in [-0.2, -0.15) is 0 Å². The Morgan fingerprint density at radius 2 is 2.04 bits per heavy atom. The zero-order chi connectivity index (χ0) is 17.6. The molecule has 1 heterocycles. The molecule has 0 saturated carbocycles. The molecule has 1 aliphatic rings. The standard InChI is InChI=1S/C21H28N2O2/c1-16-6-8-18(9-7-16)15-25-20-5-3-4-19(12-20)21(14-24)23-11-10-22-13-17(23)2/h3-9,12,17,21-22,24H,10-11,13-15H2,1-2H3. The Kier molecular flexibility index (Phi) is 6.08. The Morgan fingerprint density at radius 1 is 1.24 bits per heavy atom. The summed E-state index contributed by atoms with van der Waals surface area (Å²) in [6, 6.07) is 16.9. The molecule has 2 aromatic carbocycles. The zero-order valence-electron chi connectivity index (χ0n) is 15.1. The fourth-order valence-corrected chi connectivity index (χ4v) is 3.38. The normalized spacial score (nSPS) is 19.6. The van der Waals surface area contributed by atoms with Gasteiger partial charge in [0.05, 0.1) is 12.6 Å². The number of piperazine rings is 1. The molecule has 1 aliphatic heterocycles. The minimum atomic E-state index is 0.0139. The van der Waals surface area contributed by atoms with Crippen molar-refractivity contribution in [2.45, 2.75) is 32.5 Å². The minimum Gasteiger partial charge on any atom is -0.489 e. The molecule has 0 spiro atoms. The van der Waals surface area contributed by atoms with Crippen LogP contribution in [0.2, 0.25) is 0 Å². The number of aliphatic hydroxyl groups is 1. The lowest BCUT2D eigenvalue weighted by Crippen LogP contribution is -2.51. The molecule has 2 unspecified atom stereocenters. The fourth-order valence-electron chi connectivity index (χ4n) is 3.38. The lowest BCUT2D eigenvalue weighted by Gasteiger charge is -2.39. The minimum absolute atomic E-state index is 0.0139. The van der Waals surface area contributed by atoms with Crippen molar-refractivity contribution >= 4 is 0 Å². The maximum absolute atomic E-state index is 9.97. The third kappa shape index (κ3) is 4.60. The van der Waals surface area contributed by atoms with E-state index in [1.54, 1.807) is 0 Å². The van der Waals surface area contributed by atoms with Crippen molar-refractivity contribution in [2.75, 3.05) is 26.2 Å². The predicted octanol–water partition coefficient (Wildman–Crippen LogP) is 2.90. The van der Waals surface area contributed by atoms with Gasteiger partial charge in [0.25, 0.3) is 0 Å². The monoisotopic (exact) mass is 340 g/mol. The number of rotatable bonds is 6. The molecular formula is C21H28N2O2. The number of benzene rings is 2. The van der Waals surface area contributed by atoms with E-state index in [2.05, 4.69) is 60.5 Å². The first-order valence-electron chi connectivity index (χ1n) is 9.03. The number of aryl methyl sites for hydroxylation is 1. The van der Waals surface area contributed by atoms with Crippen molar-refractivity contribution < 1.29 is 9.84 Å². The number of hydrogen-bond acceptors (Lipinski definition) is 4. The van der Waals surface area contributed by atoms with Gasteiger partial charge in [-0.1, -0.05) is 42.0 Å². The second-order valence-corrected chi connectivity index (χ2v) is 6.84. The van der Waals surface area contributed by atoms with Crippen LogP contribution in [-0.4, -0.2) is 42.3 Å². The second-order valence-electron chi connectivity index (χ2n) is 6.84. The van der Waals surface area contributed by atoms with Crippen molar-refractivity contribution in [1.29, 1.82) is 0 Å². The largest absolute Gasteiger partial charge is 0.489 e. The molecule has 3 rings (SSSR count). The summed E-state index contributed by atoms with van der Waals surface area (Å²) in [7, 11) is 0. The summed E-state index contributed by atoms with van der Waals surface area (Å²) < 4.78 is 5.97. The third-order valence-corrected chi connectivity index (χ3v) is 4.89. The molecule has 134 valence electrons. The quantitative estimate of drug-likeness (QED) is 0.849. The zero-order valence-corrected chi connectivity index (χ0v) is 15.1. The van der Waals surface area contributed by atoms with E-state index in [9.17, 15) is 5.11 Å². The fraction of sp³-hybridized carbons (Fsp3) is 0.429. The molecule has 1 fully saturated rings. The van der Waals surface area contributed by atoms with E-state index in [-0.39, 0.29) is 12.6 Å². The molecule has 0 aromatic heterocycles. The molecule has 1 saturated heterocycles. The van der Waals surface area contributed by atoms with E-state index in [0.717, 1.165) is 36.5 Å². The number of ether oxygens (including phenoxy) is 1. The van der Waals surface area contributed by atoms with Gasteiger partial charge in [0, 0.05) is 25.7 Å². The molecule has 2 N–H and O–H groups in total. The smallest absolute Gasteiger partial charge is 0.120 e. The SMILES string of the molecule is Cc1ccc(COc2cccc(C(CO)N3CCNCC3C)c2)cc1. The van der Waals surface area contributed by atoms with Gasteiger partial charge >= 0.3 is 0 Å². The molecule has 2 atom stereocenters. The van der Waals surface area contributed by atoms with Crippen LogP contribution >= 0.6 is 0 Å². The number of aliphatic hydroxyl groups excluding tert-OH is 1. The topological polar surface area (TPSA) is 44.7 Å². The first kappa shape index (κ1) is 17.9. The summed E-state index contributed by atoms with van der Waals surface area (Å²) in [6.45, 7) is 7.82. The van der Waals surface area contributed by atoms with Crippen LogP contribution in [0.1, 0.15) is 29.7 Å². The second kappa shape index (κ2) is 8.48. The van der Waals surface area contributed by atoms with Gasteiger partial charge in [0.2, 0.25) is 0 Å². The van der Waals surface area contributed by atoms with E-state index >= 15 is 0 Å². The number of nitrogens with one attached hydrogen (secondary N) is 1. The molecule has 25 heavy (non-hydrogen) atoms. The van der Waals surface area contributed by atoms with Crippen molar-refractivity contribution in [1.82, 2.24) is 10.2 Å². The highest BCUT2D eigenvalue weighted by molar-refractivity contribution is 5.31. The maximum atomic E-state index is 9.97. The average Bonchev–Trinajstić information content (AvgIpc) is 2.64. The van der Waals surface area contributed by atoms with Gasteiger partial charge in [-0.25, -0.2) is 0 Å². The summed E-state index contributed by atoms with van der Waals surface area (Å²) in [6.07, 6.45) is 0. The highest BCUT2D eigenvalue weighted by Crippen LogP contribution is 2.26. The van der Waals surface area contributed by atoms with Gasteiger partial charge in [0.1, 0.15) is 12.4 Å². The number of nitrogens with zero attached hydrogens (tertiary/aromatic N) is 1. The summed E-state index contributed by atoms with van der Waals surface area (Å²) in [5, 5.41) is 13.4. The van der Waals surface area contributed by atoms with Crippen LogP contribution in [0.3, 0.4) is 0 Å². The van der Waals surface area contributed by atoms with Crippen molar-refractivity contribution in [3.63, 3.8) is 0 Å². The van der Waals surface area contributed by atoms with Crippen LogP contribution in [0.4, 0.5) is 0 Å². The third-order valence-electron chi connectivity index (χ3n) is 4.89. The van der Waals surface area contributed by atoms with Crippen LogP contribution in [0.25, 0.3) is 0 Å². The maximum Gasteiger partial charge on any atom is 0.120 e. The Morgan fingerprint density at radius 3 is 2.76 bits per heavy atom. The average molecular weight is 340 g/mol. The van der Waals surface area contributed by atoms with Crippen molar-refractivity contribution in [2.24, 2.45) is 0 Å².